The molecule has 252 valence electrons. The van der Waals surface area contributed by atoms with Gasteiger partial charge in [-0.15, -0.1) is 0 Å². The molecular weight excluding hydrogens is 658 g/mol. The van der Waals surface area contributed by atoms with Gasteiger partial charge in [-0.25, -0.2) is 8.42 Å². The Morgan fingerprint density at radius 1 is 0.755 bits per heavy atom. The number of sulfonamides is 1. The second-order valence-corrected chi connectivity index (χ2v) is 13.8. The first-order valence-corrected chi connectivity index (χ1v) is 17.7. The fourth-order valence-corrected chi connectivity index (χ4v) is 6.84. The van der Waals surface area contributed by atoms with Crippen LogP contribution in [0.2, 0.25) is 5.02 Å². The number of amides is 2. The van der Waals surface area contributed by atoms with Crippen LogP contribution in [-0.4, -0.2) is 44.3 Å². The topological polar surface area (TPSA) is 96.0 Å². The molecule has 1 N–H and O–H groups in total. The van der Waals surface area contributed by atoms with Gasteiger partial charge in [-0.2, -0.15) is 0 Å². The van der Waals surface area contributed by atoms with Gasteiger partial charge >= 0.3 is 0 Å². The highest BCUT2D eigenvalue weighted by atomic mass is 35.5. The van der Waals surface area contributed by atoms with Crippen molar-refractivity contribution in [1.82, 2.24) is 10.2 Å². The van der Waals surface area contributed by atoms with Crippen molar-refractivity contribution in [2.24, 2.45) is 0 Å². The Morgan fingerprint density at radius 2 is 1.35 bits per heavy atom. The Labute approximate surface area is 293 Å². The molecule has 0 aromatic heterocycles. The van der Waals surface area contributed by atoms with Gasteiger partial charge in [0.15, 0.2) is 0 Å². The average Bonchev–Trinajstić information content (AvgIpc) is 3.11. The quantitative estimate of drug-likeness (QED) is 0.131. The number of hydrogen-bond acceptors (Lipinski definition) is 5. The summed E-state index contributed by atoms with van der Waals surface area (Å²) < 4.78 is 35.6. The van der Waals surface area contributed by atoms with Crippen molar-refractivity contribution in [3.8, 4) is 11.5 Å². The first-order chi connectivity index (χ1) is 23.6. The van der Waals surface area contributed by atoms with Gasteiger partial charge < -0.3 is 15.0 Å². The van der Waals surface area contributed by atoms with Gasteiger partial charge in [-0.3, -0.25) is 13.9 Å². The summed E-state index contributed by atoms with van der Waals surface area (Å²) in [5, 5.41) is 3.40. The molecular formula is C39H38ClN3O5S. The van der Waals surface area contributed by atoms with Gasteiger partial charge in [-0.1, -0.05) is 90.0 Å². The fourth-order valence-electron chi connectivity index (χ4n) is 5.30. The normalized spacial score (nSPS) is 11.7. The van der Waals surface area contributed by atoms with E-state index >= 15 is 0 Å². The predicted octanol–water partition coefficient (Wildman–Crippen LogP) is 7.41. The molecule has 5 aromatic rings. The number of para-hydroxylation sites is 1. The number of carbonyl (C=O) groups excluding carboxylic acids is 2. The molecule has 5 aromatic carbocycles. The number of anilines is 1. The third kappa shape index (κ3) is 9.28. The van der Waals surface area contributed by atoms with Gasteiger partial charge in [-0.05, 0) is 85.6 Å². The molecule has 0 radical (unpaired) electrons. The zero-order valence-corrected chi connectivity index (χ0v) is 28.9. The van der Waals surface area contributed by atoms with Gasteiger partial charge in [0.1, 0.15) is 24.1 Å². The number of benzene rings is 5. The smallest absolute Gasteiger partial charge is 0.264 e. The summed E-state index contributed by atoms with van der Waals surface area (Å²) in [5.41, 5.74) is 2.74. The summed E-state index contributed by atoms with van der Waals surface area (Å²) in [6, 6.07) is 37.7. The Kier molecular flexibility index (Phi) is 11.7. The van der Waals surface area contributed by atoms with Crippen molar-refractivity contribution in [3.63, 3.8) is 0 Å². The summed E-state index contributed by atoms with van der Waals surface area (Å²) in [4.78, 5) is 29.7. The monoisotopic (exact) mass is 695 g/mol. The first-order valence-electron chi connectivity index (χ1n) is 15.9. The Bertz CT molecular complexity index is 1940. The predicted molar refractivity (Wildman–Crippen MR) is 193 cm³/mol. The zero-order chi connectivity index (χ0) is 34.8. The highest BCUT2D eigenvalue weighted by molar-refractivity contribution is 7.92. The van der Waals surface area contributed by atoms with Crippen molar-refractivity contribution >= 4 is 39.1 Å². The summed E-state index contributed by atoms with van der Waals surface area (Å²) in [6.45, 7) is 3.52. The maximum Gasteiger partial charge on any atom is 0.264 e. The molecule has 0 saturated heterocycles. The third-order valence-electron chi connectivity index (χ3n) is 7.88. The summed E-state index contributed by atoms with van der Waals surface area (Å²) in [7, 11) is -4.24. The average molecular weight is 696 g/mol. The van der Waals surface area contributed by atoms with Crippen LogP contribution in [0.25, 0.3) is 0 Å². The van der Waals surface area contributed by atoms with Crippen LogP contribution >= 0.6 is 11.6 Å². The van der Waals surface area contributed by atoms with Crippen LogP contribution in [0.5, 0.6) is 11.5 Å². The number of rotatable bonds is 14. The summed E-state index contributed by atoms with van der Waals surface area (Å²) in [6.07, 6.45) is 0.224. The van der Waals surface area contributed by atoms with Gasteiger partial charge in [0.25, 0.3) is 10.0 Å². The minimum absolute atomic E-state index is 0.0318. The minimum Gasteiger partial charge on any atom is -0.457 e. The van der Waals surface area contributed by atoms with E-state index in [4.69, 9.17) is 16.3 Å². The van der Waals surface area contributed by atoms with Crippen molar-refractivity contribution in [3.05, 3.63) is 155 Å². The molecule has 49 heavy (non-hydrogen) atoms. The number of nitrogens with zero attached hydrogens (tertiary/aromatic N) is 2. The molecule has 1 atom stereocenters. The lowest BCUT2D eigenvalue weighted by molar-refractivity contribution is -0.140. The molecule has 0 unspecified atom stereocenters. The van der Waals surface area contributed by atoms with E-state index in [-0.39, 0.29) is 29.5 Å². The first kappa shape index (κ1) is 35.2. The molecule has 0 aliphatic rings. The number of hydrogen-bond donors (Lipinski definition) is 1. The standard InChI is InChI=1S/C39H38ClN3O5S/c1-3-41-39(45)37(26-30-10-6-4-7-11-30)42(27-31-16-18-32(40)19-17-31)38(44)28-43(49(46,47)36-24-14-29(2)15-25-36)33-20-22-35(23-21-33)48-34-12-8-5-9-13-34/h4-25,37H,3,26-28H2,1-2H3,(H,41,45)/t37-/m1/s1. The number of aryl methyl sites for hydroxylation is 1. The van der Waals surface area contributed by atoms with Gasteiger partial charge in [0.05, 0.1) is 10.6 Å². The molecule has 0 aliphatic carbocycles. The highest BCUT2D eigenvalue weighted by Gasteiger charge is 2.34. The van der Waals surface area contributed by atoms with E-state index in [1.165, 1.54) is 17.0 Å². The number of carbonyl (C=O) groups is 2. The lowest BCUT2D eigenvalue weighted by Crippen LogP contribution is -2.53. The van der Waals surface area contributed by atoms with Crippen molar-refractivity contribution in [2.75, 3.05) is 17.4 Å². The van der Waals surface area contributed by atoms with Gasteiger partial charge in [0, 0.05) is 24.5 Å². The minimum atomic E-state index is -4.24. The molecule has 0 bridgehead atoms. The van der Waals surface area contributed by atoms with Crippen molar-refractivity contribution < 1.29 is 22.7 Å². The molecule has 8 nitrogen and oxygen atoms in total. The Hall–Kier alpha value is -5.12. The Morgan fingerprint density at radius 3 is 1.96 bits per heavy atom. The molecule has 0 fully saturated rings. The molecule has 10 heteroatoms. The van der Waals surface area contributed by atoms with Gasteiger partial charge in [0.2, 0.25) is 11.8 Å². The van der Waals surface area contributed by atoms with E-state index in [1.54, 1.807) is 60.7 Å². The molecule has 2 amide bonds. The van der Waals surface area contributed by atoms with E-state index < -0.39 is 28.5 Å². The van der Waals surface area contributed by atoms with E-state index in [0.29, 0.717) is 23.1 Å². The van der Waals surface area contributed by atoms with Crippen LogP contribution in [0.1, 0.15) is 23.6 Å². The second-order valence-electron chi connectivity index (χ2n) is 11.5. The van der Waals surface area contributed by atoms with Crippen LogP contribution in [0.3, 0.4) is 0 Å². The lowest BCUT2D eigenvalue weighted by Gasteiger charge is -2.34. The molecule has 0 heterocycles. The number of halogens is 1. The van der Waals surface area contributed by atoms with Crippen LogP contribution in [0, 0.1) is 6.92 Å². The van der Waals surface area contributed by atoms with E-state index in [0.717, 1.165) is 21.0 Å². The number of ether oxygens (including phenoxy) is 1. The SMILES string of the molecule is CCNC(=O)[C@@H](Cc1ccccc1)N(Cc1ccc(Cl)cc1)C(=O)CN(c1ccc(Oc2ccccc2)cc1)S(=O)(=O)c1ccc(C)cc1. The van der Waals surface area contributed by atoms with Crippen LogP contribution in [-0.2, 0) is 32.6 Å². The molecule has 0 aliphatic heterocycles. The maximum absolute atomic E-state index is 14.6. The summed E-state index contributed by atoms with van der Waals surface area (Å²) >= 11 is 6.16. The van der Waals surface area contributed by atoms with Crippen molar-refractivity contribution in [1.29, 1.82) is 0 Å². The highest BCUT2D eigenvalue weighted by Crippen LogP contribution is 2.29. The van der Waals surface area contributed by atoms with Crippen LogP contribution in [0.4, 0.5) is 5.69 Å². The Balaban J connectivity index is 1.54. The maximum atomic E-state index is 14.6. The zero-order valence-electron chi connectivity index (χ0n) is 27.3. The largest absolute Gasteiger partial charge is 0.457 e. The number of nitrogens with one attached hydrogen (secondary N) is 1. The van der Waals surface area contributed by atoms with Crippen LogP contribution in [0.15, 0.2) is 138 Å². The van der Waals surface area contributed by atoms with Crippen molar-refractivity contribution in [2.45, 2.75) is 37.8 Å². The third-order valence-corrected chi connectivity index (χ3v) is 9.92. The molecule has 5 rings (SSSR count). The second kappa shape index (κ2) is 16.3. The molecule has 0 spiro atoms. The van der Waals surface area contributed by atoms with E-state index in [9.17, 15) is 18.0 Å². The number of likely N-dealkylation sites (N-methyl/N-ethyl adjacent to an activating group) is 1. The molecule has 0 saturated carbocycles. The van der Waals surface area contributed by atoms with E-state index in [1.807, 2.05) is 74.5 Å². The lowest BCUT2D eigenvalue weighted by atomic mass is 10.0. The van der Waals surface area contributed by atoms with E-state index in [2.05, 4.69) is 5.32 Å². The van der Waals surface area contributed by atoms with Crippen LogP contribution < -0.4 is 14.4 Å². The fraction of sp³-hybridized carbons (Fsp3) is 0.179. The summed E-state index contributed by atoms with van der Waals surface area (Å²) in [5.74, 6) is 0.228.